The zero-order valence-corrected chi connectivity index (χ0v) is 46.2. The van der Waals surface area contributed by atoms with Gasteiger partial charge in [0.05, 0.1) is 69.4 Å². The lowest BCUT2D eigenvalue weighted by molar-refractivity contribution is -0.142. The standard InChI is InChI=1S/C32H47F4N5O10.C18H21N3O3.2C2H6/c1-22(43)38-11-4-3-7-27(31(47)48)41-30(46)26(40-28(44)10-14-49-16-18-51-19-17-50-15-13-37-21-42)6-2-5-12-39-29(45)23-8-9-25(33)24(20-23)32(34,35)36;1-2-24-13-5-6-14-15(7-8-19-16(14)11-13)18(23)20-12-17(22)21-9-3-4-10-21;2*1-2/h8-9,20-21,26-27H,2-7,10-19H2,1H3,(H,37,42)(H,38,43)(H,39,45)(H,40,44)(H,41,46)(H,47,48);5-8,11H,2-4,9-10,12H2,1H3,(H,20,23);2*1-2H3. The van der Waals surface area contributed by atoms with Crippen LogP contribution < -0.4 is 36.6 Å². The molecule has 1 aliphatic heterocycles. The second-order valence-electron chi connectivity index (χ2n) is 16.8. The number of aliphatic carboxylic acids is 1. The maximum atomic E-state index is 13.6. The number of hydrogen-bond donors (Lipinski definition) is 7. The fourth-order valence-corrected chi connectivity index (χ4v) is 7.27. The molecule has 2 heterocycles. The number of amides is 7. The summed E-state index contributed by atoms with van der Waals surface area (Å²) in [6, 6.07) is 6.56. The maximum absolute atomic E-state index is 13.6. The molecule has 442 valence electrons. The number of halogens is 4. The van der Waals surface area contributed by atoms with E-state index in [1.807, 2.05) is 52.8 Å². The van der Waals surface area contributed by atoms with E-state index in [2.05, 4.69) is 36.9 Å². The van der Waals surface area contributed by atoms with Crippen LogP contribution in [0.25, 0.3) is 10.9 Å². The summed E-state index contributed by atoms with van der Waals surface area (Å²) in [5.41, 5.74) is -0.765. The lowest BCUT2D eigenvalue weighted by Gasteiger charge is -2.22. The molecule has 2 aromatic carbocycles. The van der Waals surface area contributed by atoms with Gasteiger partial charge in [0.1, 0.15) is 23.7 Å². The van der Waals surface area contributed by atoms with Crippen LogP contribution in [0.2, 0.25) is 0 Å². The van der Waals surface area contributed by atoms with E-state index in [0.717, 1.165) is 43.1 Å². The van der Waals surface area contributed by atoms with Crippen LogP contribution in [0, 0.1) is 5.82 Å². The molecule has 25 heteroatoms. The van der Waals surface area contributed by atoms with Gasteiger partial charge in [0.25, 0.3) is 11.8 Å². The second kappa shape index (κ2) is 41.1. The number of aromatic nitrogens is 1. The van der Waals surface area contributed by atoms with Crippen LogP contribution >= 0.6 is 0 Å². The summed E-state index contributed by atoms with van der Waals surface area (Å²) < 4.78 is 74.0. The molecule has 7 N–H and O–H groups in total. The number of hydrogen-bond acceptors (Lipinski definition) is 13. The number of carbonyl (C=O) groups excluding carboxylic acids is 7. The summed E-state index contributed by atoms with van der Waals surface area (Å²) in [6.07, 6.45) is 0.518. The van der Waals surface area contributed by atoms with Gasteiger partial charge in [-0.1, -0.05) is 27.7 Å². The minimum atomic E-state index is -4.99. The molecule has 1 fully saturated rings. The highest BCUT2D eigenvalue weighted by Crippen LogP contribution is 2.32. The van der Waals surface area contributed by atoms with Crippen molar-refractivity contribution < 1.29 is 80.0 Å². The Kier molecular flexibility index (Phi) is 36.4. The Morgan fingerprint density at radius 2 is 1.37 bits per heavy atom. The largest absolute Gasteiger partial charge is 0.494 e. The molecule has 2 unspecified atom stereocenters. The number of fused-ring (bicyclic) bond motifs is 1. The third-order valence-electron chi connectivity index (χ3n) is 11.1. The van der Waals surface area contributed by atoms with E-state index in [4.69, 9.17) is 18.9 Å². The predicted octanol–water partition coefficient (Wildman–Crippen LogP) is 5.33. The molecule has 0 spiro atoms. The van der Waals surface area contributed by atoms with Crippen LogP contribution in [0.4, 0.5) is 17.6 Å². The van der Waals surface area contributed by atoms with Crippen molar-refractivity contribution in [3.05, 3.63) is 71.2 Å². The highest BCUT2D eigenvalue weighted by atomic mass is 19.4. The van der Waals surface area contributed by atoms with Crippen LogP contribution in [-0.4, -0.2) is 160 Å². The Bertz CT molecular complexity index is 2320. The molecule has 1 aliphatic rings. The SMILES string of the molecule is CC.CC.CC(=O)NCCCCC(NC(=O)C(CCCCNC(=O)c1ccc(F)c(C(F)(F)F)c1)NC(=O)CCOCCOCCOCCNC=O)C(=O)O.CCOc1ccc2c(C(=O)NCC(=O)N3CCCC3)ccnc2c1. The topological polar surface area (TPSA) is 282 Å². The van der Waals surface area contributed by atoms with Gasteiger partial charge in [-0.3, -0.25) is 38.5 Å². The number of carboxylic acid groups (broad SMARTS) is 1. The zero-order chi connectivity index (χ0) is 59.0. The van der Waals surface area contributed by atoms with Gasteiger partial charge in [0.2, 0.25) is 30.0 Å². The molecule has 79 heavy (non-hydrogen) atoms. The van der Waals surface area contributed by atoms with Gasteiger partial charge in [-0.15, -0.1) is 0 Å². The second-order valence-corrected chi connectivity index (χ2v) is 16.8. The molecule has 0 saturated carbocycles. The first kappa shape index (κ1) is 70.0. The Hall–Kier alpha value is -6.99. The molecule has 0 radical (unpaired) electrons. The summed E-state index contributed by atoms with van der Waals surface area (Å²) in [5, 5.41) is 25.6. The van der Waals surface area contributed by atoms with Crippen molar-refractivity contribution in [3.63, 3.8) is 0 Å². The van der Waals surface area contributed by atoms with E-state index in [1.165, 1.54) is 6.92 Å². The van der Waals surface area contributed by atoms with Crippen molar-refractivity contribution in [2.75, 3.05) is 85.5 Å². The monoisotopic (exact) mass is 1120 g/mol. The van der Waals surface area contributed by atoms with Gasteiger partial charge in [0.15, 0.2) is 0 Å². The molecule has 3 aromatic rings. The summed E-state index contributed by atoms with van der Waals surface area (Å²) in [7, 11) is 0. The Balaban J connectivity index is 0.000000916. The summed E-state index contributed by atoms with van der Waals surface area (Å²) in [5.74, 6) is -4.79. The van der Waals surface area contributed by atoms with Crippen LogP contribution in [0.1, 0.15) is 126 Å². The van der Waals surface area contributed by atoms with Gasteiger partial charge >= 0.3 is 12.1 Å². The number of nitrogens with one attached hydrogen (secondary N) is 6. The summed E-state index contributed by atoms with van der Waals surface area (Å²) >= 11 is 0. The predicted molar refractivity (Wildman–Crippen MR) is 287 cm³/mol. The van der Waals surface area contributed by atoms with Crippen molar-refractivity contribution in [2.24, 2.45) is 0 Å². The summed E-state index contributed by atoms with van der Waals surface area (Å²) in [6.45, 7) is 15.5. The van der Waals surface area contributed by atoms with Gasteiger partial charge in [-0.05, 0) is 94.7 Å². The molecule has 0 aliphatic carbocycles. The van der Waals surface area contributed by atoms with E-state index >= 15 is 0 Å². The van der Waals surface area contributed by atoms with Crippen molar-refractivity contribution in [3.8, 4) is 5.75 Å². The number of carbonyl (C=O) groups is 8. The first-order chi connectivity index (χ1) is 37.9. The molecule has 1 aromatic heterocycles. The Labute approximate surface area is 459 Å². The van der Waals surface area contributed by atoms with Crippen LogP contribution in [-0.2, 0) is 49.2 Å². The number of pyridine rings is 1. The van der Waals surface area contributed by atoms with Gasteiger partial charge in [0, 0.05) is 69.3 Å². The van der Waals surface area contributed by atoms with Crippen molar-refractivity contribution >= 4 is 58.7 Å². The maximum Gasteiger partial charge on any atom is 0.419 e. The van der Waals surface area contributed by atoms with Crippen molar-refractivity contribution in [1.82, 2.24) is 41.8 Å². The molecular weight excluding hydrogens is 1040 g/mol. The van der Waals surface area contributed by atoms with Crippen LogP contribution in [0.5, 0.6) is 5.75 Å². The highest BCUT2D eigenvalue weighted by molar-refractivity contribution is 6.07. The number of benzene rings is 2. The molecule has 2 atom stereocenters. The minimum Gasteiger partial charge on any atom is -0.494 e. The fraction of sp³-hybridized carbons (Fsp3) is 0.574. The van der Waals surface area contributed by atoms with E-state index in [9.17, 15) is 61.0 Å². The third kappa shape index (κ3) is 29.0. The molecule has 7 amide bonds. The third-order valence-corrected chi connectivity index (χ3v) is 11.1. The highest BCUT2D eigenvalue weighted by Gasteiger charge is 2.35. The van der Waals surface area contributed by atoms with E-state index in [0.29, 0.717) is 82.0 Å². The number of nitrogens with zero attached hydrogens (tertiary/aromatic N) is 2. The Morgan fingerprint density at radius 3 is 1.97 bits per heavy atom. The van der Waals surface area contributed by atoms with E-state index < -0.39 is 58.9 Å². The van der Waals surface area contributed by atoms with Gasteiger partial charge < -0.3 is 60.9 Å². The lowest BCUT2D eigenvalue weighted by atomic mass is 10.1. The molecule has 21 nitrogen and oxygen atoms in total. The fourth-order valence-electron chi connectivity index (χ4n) is 7.27. The zero-order valence-electron chi connectivity index (χ0n) is 46.2. The average Bonchev–Trinajstić information content (AvgIpc) is 3.99. The quantitative estimate of drug-likeness (QED) is 0.0231. The van der Waals surface area contributed by atoms with Gasteiger partial charge in [-0.25, -0.2) is 9.18 Å². The molecule has 1 saturated heterocycles. The van der Waals surface area contributed by atoms with E-state index in [1.54, 1.807) is 17.2 Å². The van der Waals surface area contributed by atoms with Crippen LogP contribution in [0.15, 0.2) is 48.7 Å². The van der Waals surface area contributed by atoms with Crippen molar-refractivity contribution in [1.29, 1.82) is 0 Å². The number of alkyl halides is 3. The van der Waals surface area contributed by atoms with E-state index in [-0.39, 0.29) is 82.7 Å². The minimum absolute atomic E-state index is 0.00504. The number of rotatable bonds is 33. The normalized spacial score (nSPS) is 12.4. The number of ether oxygens (including phenoxy) is 4. The summed E-state index contributed by atoms with van der Waals surface area (Å²) in [4.78, 5) is 102. The lowest BCUT2D eigenvalue weighted by Crippen LogP contribution is -2.51. The number of likely N-dealkylation sites (tertiary alicyclic amines) is 1. The molecular formula is C54H80F4N8O13. The smallest absolute Gasteiger partial charge is 0.419 e. The number of carboxylic acids is 1. The Morgan fingerprint density at radius 1 is 0.747 bits per heavy atom. The van der Waals surface area contributed by atoms with Crippen molar-refractivity contribution in [2.45, 2.75) is 118 Å². The first-order valence-electron chi connectivity index (χ1n) is 26.6. The first-order valence-corrected chi connectivity index (χ1v) is 26.6. The molecule has 0 bridgehead atoms. The van der Waals surface area contributed by atoms with Crippen LogP contribution in [0.3, 0.4) is 0 Å². The van der Waals surface area contributed by atoms with Gasteiger partial charge in [-0.2, -0.15) is 13.2 Å². The average molecular weight is 1130 g/mol. The molecule has 4 rings (SSSR count). The number of unbranched alkanes of at least 4 members (excludes halogenated alkanes) is 2.